The van der Waals surface area contributed by atoms with E-state index < -0.39 is 11.6 Å². The molecule has 7 heteroatoms. The molecular formula is C27H35N2O3PS. The van der Waals surface area contributed by atoms with E-state index in [9.17, 15) is 4.79 Å². The van der Waals surface area contributed by atoms with Crippen molar-refractivity contribution in [2.24, 2.45) is 10.9 Å². The summed E-state index contributed by atoms with van der Waals surface area (Å²) in [5.74, 6) is 1.03. The van der Waals surface area contributed by atoms with Crippen LogP contribution in [-0.2, 0) is 21.3 Å². The Balaban J connectivity index is 1.75. The highest BCUT2D eigenvalue weighted by Crippen LogP contribution is 2.53. The minimum atomic E-state index is -2.24. The summed E-state index contributed by atoms with van der Waals surface area (Å²) in [6.07, 6.45) is 0.381. The summed E-state index contributed by atoms with van der Waals surface area (Å²) in [5.41, 5.74) is -0.494. The molecule has 0 radical (unpaired) electrons. The highest BCUT2D eigenvalue weighted by molar-refractivity contribution is 8.22. The monoisotopic (exact) mass is 498 g/mol. The molecule has 0 N–H and O–H groups in total. The van der Waals surface area contributed by atoms with Crippen LogP contribution in [0.15, 0.2) is 65.7 Å². The number of carbonyl (C=O) groups is 1. The third-order valence-electron chi connectivity index (χ3n) is 6.45. The van der Waals surface area contributed by atoms with Gasteiger partial charge in [-0.15, -0.1) is 0 Å². The van der Waals surface area contributed by atoms with Crippen LogP contribution in [0.5, 0.6) is 0 Å². The number of benzene rings is 2. The number of likely N-dealkylation sites (tertiary alicyclic amines) is 1. The zero-order valence-electron chi connectivity index (χ0n) is 20.7. The fourth-order valence-corrected chi connectivity index (χ4v) is 9.10. The Labute approximate surface area is 208 Å². The van der Waals surface area contributed by atoms with Crippen molar-refractivity contribution in [3.63, 3.8) is 0 Å². The van der Waals surface area contributed by atoms with Gasteiger partial charge in [-0.1, -0.05) is 86.3 Å². The van der Waals surface area contributed by atoms with Crippen LogP contribution in [0.4, 0.5) is 4.79 Å². The standard InChI is InChI=1S/C27H35N2O3PS/c1-19(2)23-18-31-25(28-23)24-16-22(17-29(24)26(30)32-27(3,4)5)33(34,20-12-8-6-9-13-20)21-14-10-7-11-15-21/h6-15,19,22-24H,16-18H2,1-5H3/t22-,23+,24-/m0/s1. The van der Waals surface area contributed by atoms with Gasteiger partial charge in [-0.25, -0.2) is 9.79 Å². The Morgan fingerprint density at radius 3 is 2.12 bits per heavy atom. The van der Waals surface area contributed by atoms with Crippen LogP contribution in [-0.4, -0.2) is 53.4 Å². The van der Waals surface area contributed by atoms with Gasteiger partial charge < -0.3 is 9.47 Å². The molecule has 0 aromatic heterocycles. The molecule has 0 aliphatic carbocycles. The van der Waals surface area contributed by atoms with Crippen molar-refractivity contribution in [2.45, 2.75) is 64.4 Å². The first kappa shape index (κ1) is 24.9. The van der Waals surface area contributed by atoms with E-state index in [1.807, 2.05) is 37.8 Å². The van der Waals surface area contributed by atoms with Gasteiger partial charge in [0.15, 0.2) is 0 Å². The van der Waals surface area contributed by atoms with E-state index in [2.05, 4.69) is 62.4 Å². The van der Waals surface area contributed by atoms with Crippen LogP contribution < -0.4 is 10.6 Å². The van der Waals surface area contributed by atoms with Crippen LogP contribution in [0.1, 0.15) is 41.0 Å². The average Bonchev–Trinajstić information content (AvgIpc) is 3.46. The maximum Gasteiger partial charge on any atom is 0.410 e. The lowest BCUT2D eigenvalue weighted by atomic mass is 10.1. The van der Waals surface area contributed by atoms with Crippen molar-refractivity contribution in [3.05, 3.63) is 60.7 Å². The molecule has 2 aliphatic rings. The highest BCUT2D eigenvalue weighted by Gasteiger charge is 2.48. The van der Waals surface area contributed by atoms with Gasteiger partial charge in [0, 0.05) is 18.2 Å². The number of amides is 1. The van der Waals surface area contributed by atoms with Crippen molar-refractivity contribution in [1.82, 2.24) is 4.90 Å². The Hall–Kier alpha value is -2.17. The molecule has 2 heterocycles. The van der Waals surface area contributed by atoms with Gasteiger partial charge in [0.2, 0.25) is 5.90 Å². The van der Waals surface area contributed by atoms with E-state index in [0.29, 0.717) is 31.4 Å². The average molecular weight is 499 g/mol. The molecule has 5 nitrogen and oxygen atoms in total. The minimum Gasteiger partial charge on any atom is -0.477 e. The van der Waals surface area contributed by atoms with Crippen molar-refractivity contribution in [3.8, 4) is 0 Å². The molecule has 182 valence electrons. The second kappa shape index (κ2) is 9.83. The fourth-order valence-electron chi connectivity index (χ4n) is 4.64. The molecule has 0 bridgehead atoms. The first-order valence-electron chi connectivity index (χ1n) is 12.0. The van der Waals surface area contributed by atoms with Gasteiger partial charge in [0.05, 0.1) is 6.04 Å². The lowest BCUT2D eigenvalue weighted by Gasteiger charge is -2.30. The predicted octanol–water partition coefficient (Wildman–Crippen LogP) is 4.95. The van der Waals surface area contributed by atoms with Crippen LogP contribution in [0.25, 0.3) is 0 Å². The molecule has 0 spiro atoms. The van der Waals surface area contributed by atoms with E-state index in [0.717, 1.165) is 0 Å². The summed E-state index contributed by atoms with van der Waals surface area (Å²) in [7, 11) is 0. The largest absolute Gasteiger partial charge is 0.477 e. The summed E-state index contributed by atoms with van der Waals surface area (Å²) in [6.45, 7) is 11.1. The third-order valence-corrected chi connectivity index (χ3v) is 12.1. The quantitative estimate of drug-likeness (QED) is 0.548. The Morgan fingerprint density at radius 1 is 1.09 bits per heavy atom. The molecule has 1 saturated heterocycles. The normalized spacial score (nSPS) is 23.1. The molecule has 1 fully saturated rings. The molecule has 2 aromatic rings. The summed E-state index contributed by atoms with van der Waals surface area (Å²) >= 11 is 6.59. The van der Waals surface area contributed by atoms with Gasteiger partial charge in [-0.05, 0) is 43.7 Å². The molecular weight excluding hydrogens is 463 g/mol. The maximum absolute atomic E-state index is 13.4. The van der Waals surface area contributed by atoms with Crippen LogP contribution >= 0.6 is 6.04 Å². The van der Waals surface area contributed by atoms with E-state index in [4.69, 9.17) is 26.3 Å². The Bertz CT molecular complexity index is 1040. The summed E-state index contributed by atoms with van der Waals surface area (Å²) in [4.78, 5) is 20.1. The first-order chi connectivity index (χ1) is 16.1. The lowest BCUT2D eigenvalue weighted by molar-refractivity contribution is 0.0254. The van der Waals surface area contributed by atoms with Gasteiger partial charge in [0.1, 0.15) is 18.2 Å². The Kier molecular flexibility index (Phi) is 7.21. The summed E-state index contributed by atoms with van der Waals surface area (Å²) in [5, 5.41) is 2.33. The minimum absolute atomic E-state index is 0.0919. The zero-order valence-corrected chi connectivity index (χ0v) is 22.4. The van der Waals surface area contributed by atoms with Crippen molar-refractivity contribution >= 4 is 40.4 Å². The van der Waals surface area contributed by atoms with Crippen molar-refractivity contribution < 1.29 is 14.3 Å². The lowest BCUT2D eigenvalue weighted by Crippen LogP contribution is -2.43. The van der Waals surface area contributed by atoms with Crippen molar-refractivity contribution in [2.75, 3.05) is 13.2 Å². The van der Waals surface area contributed by atoms with E-state index >= 15 is 0 Å². The van der Waals surface area contributed by atoms with Gasteiger partial charge in [-0.3, -0.25) is 4.90 Å². The van der Waals surface area contributed by atoms with Crippen molar-refractivity contribution in [1.29, 1.82) is 0 Å². The van der Waals surface area contributed by atoms with Gasteiger partial charge in [-0.2, -0.15) is 0 Å². The Morgan fingerprint density at radius 2 is 1.65 bits per heavy atom. The first-order valence-corrected chi connectivity index (χ1v) is 14.9. The van der Waals surface area contributed by atoms with Crippen LogP contribution in [0.3, 0.4) is 0 Å². The second-order valence-electron chi connectivity index (χ2n) is 10.5. The number of carbonyl (C=O) groups excluding carboxylic acids is 1. The van der Waals surface area contributed by atoms with Crippen LogP contribution in [0.2, 0.25) is 0 Å². The number of ether oxygens (including phenoxy) is 2. The molecule has 1 amide bonds. The smallest absolute Gasteiger partial charge is 0.410 e. The SMILES string of the molecule is CC(C)[C@H]1COC([C@@H]2C[C@H](P(=S)(c3ccccc3)c3ccccc3)CN2C(=O)OC(C)(C)C)=N1. The summed E-state index contributed by atoms with van der Waals surface area (Å²) in [6, 6.07) is 18.4. The second-order valence-corrected chi connectivity index (χ2v) is 15.3. The van der Waals surface area contributed by atoms with E-state index in [-0.39, 0.29) is 23.8 Å². The predicted molar refractivity (Wildman–Crippen MR) is 144 cm³/mol. The topological polar surface area (TPSA) is 51.1 Å². The number of hydrogen-bond acceptors (Lipinski definition) is 5. The number of rotatable bonds is 5. The fraction of sp³-hybridized carbons (Fsp3) is 0.481. The molecule has 3 atom stereocenters. The molecule has 34 heavy (non-hydrogen) atoms. The third kappa shape index (κ3) is 5.08. The molecule has 2 aliphatic heterocycles. The number of hydrogen-bond donors (Lipinski definition) is 0. The summed E-state index contributed by atoms with van der Waals surface area (Å²) < 4.78 is 11.9. The number of aliphatic imine (C=N–C) groups is 1. The van der Waals surface area contributed by atoms with E-state index in [1.54, 1.807) is 0 Å². The van der Waals surface area contributed by atoms with E-state index in [1.165, 1.54) is 10.6 Å². The number of nitrogens with zero attached hydrogens (tertiary/aromatic N) is 2. The van der Waals surface area contributed by atoms with Gasteiger partial charge in [0.25, 0.3) is 0 Å². The highest BCUT2D eigenvalue weighted by atomic mass is 32.4. The molecule has 4 rings (SSSR count). The maximum atomic E-state index is 13.4. The van der Waals surface area contributed by atoms with Crippen LogP contribution in [0, 0.1) is 5.92 Å². The molecule has 0 unspecified atom stereocenters. The molecule has 2 aromatic carbocycles. The van der Waals surface area contributed by atoms with Gasteiger partial charge >= 0.3 is 6.09 Å². The zero-order chi connectivity index (χ0) is 24.5. The molecule has 0 saturated carbocycles.